The molecule has 3 rings (SSSR count). The molecule has 0 saturated carbocycles. The van der Waals surface area contributed by atoms with E-state index in [0.29, 0.717) is 5.75 Å². The molecule has 23 heavy (non-hydrogen) atoms. The molecular formula is C21H20O2. The molecule has 3 aromatic carbocycles. The van der Waals surface area contributed by atoms with E-state index in [1.807, 2.05) is 85.8 Å². The van der Waals surface area contributed by atoms with E-state index in [1.165, 1.54) is 0 Å². The van der Waals surface area contributed by atoms with Gasteiger partial charge in [0.25, 0.3) is 0 Å². The van der Waals surface area contributed by atoms with Crippen LogP contribution < -0.4 is 4.74 Å². The summed E-state index contributed by atoms with van der Waals surface area (Å²) in [5.74, 6) is 0.711. The van der Waals surface area contributed by atoms with Crippen LogP contribution in [0, 0.1) is 6.92 Å². The average molecular weight is 304 g/mol. The van der Waals surface area contributed by atoms with E-state index in [-0.39, 0.29) is 0 Å². The Balaban J connectivity index is 2.32. The predicted octanol–water partition coefficient (Wildman–Crippen LogP) is 4.29. The van der Waals surface area contributed by atoms with Crippen LogP contribution in [0.1, 0.15) is 22.3 Å². The second-order valence-electron chi connectivity index (χ2n) is 5.60. The number of benzene rings is 3. The van der Waals surface area contributed by atoms with Gasteiger partial charge in [-0.2, -0.15) is 0 Å². The van der Waals surface area contributed by atoms with E-state index in [2.05, 4.69) is 0 Å². The molecule has 0 aliphatic heterocycles. The lowest BCUT2D eigenvalue weighted by Gasteiger charge is -2.31. The Hall–Kier alpha value is -2.58. The van der Waals surface area contributed by atoms with E-state index >= 15 is 0 Å². The van der Waals surface area contributed by atoms with Crippen LogP contribution in [0.3, 0.4) is 0 Å². The molecule has 2 nitrogen and oxygen atoms in total. The van der Waals surface area contributed by atoms with Gasteiger partial charge in [-0.3, -0.25) is 0 Å². The van der Waals surface area contributed by atoms with Gasteiger partial charge in [-0.15, -0.1) is 0 Å². The molecule has 0 heterocycles. The molecule has 0 aliphatic rings. The number of methoxy groups -OCH3 is 1. The Labute approximate surface area is 137 Å². The lowest BCUT2D eigenvalue weighted by molar-refractivity contribution is 0.122. The van der Waals surface area contributed by atoms with Crippen LogP contribution in [-0.4, -0.2) is 12.2 Å². The molecular weight excluding hydrogens is 284 g/mol. The normalized spacial score (nSPS) is 11.3. The molecule has 0 bridgehead atoms. The molecule has 3 aromatic rings. The first-order valence-electron chi connectivity index (χ1n) is 7.65. The Morgan fingerprint density at radius 3 is 1.74 bits per heavy atom. The first-order valence-corrected chi connectivity index (χ1v) is 7.65. The molecule has 0 amide bonds. The summed E-state index contributed by atoms with van der Waals surface area (Å²) >= 11 is 0. The van der Waals surface area contributed by atoms with Crippen molar-refractivity contribution >= 4 is 0 Å². The van der Waals surface area contributed by atoms with Gasteiger partial charge < -0.3 is 9.84 Å². The van der Waals surface area contributed by atoms with Gasteiger partial charge in [-0.25, -0.2) is 0 Å². The average Bonchev–Trinajstić information content (AvgIpc) is 2.62. The Morgan fingerprint density at radius 2 is 1.26 bits per heavy atom. The maximum absolute atomic E-state index is 11.8. The van der Waals surface area contributed by atoms with Gasteiger partial charge in [0.15, 0.2) is 0 Å². The van der Waals surface area contributed by atoms with E-state index in [4.69, 9.17) is 4.74 Å². The van der Waals surface area contributed by atoms with Crippen molar-refractivity contribution in [2.24, 2.45) is 0 Å². The van der Waals surface area contributed by atoms with Crippen molar-refractivity contribution in [3.63, 3.8) is 0 Å². The standard InChI is InChI=1S/C21H20O2/c1-16-10-9-15-19(20(16)23-2)21(22,17-11-5-3-6-12-17)18-13-7-4-8-14-18/h3-15,22H,1-2H3. The fourth-order valence-corrected chi connectivity index (χ4v) is 3.04. The highest BCUT2D eigenvalue weighted by Gasteiger charge is 2.36. The van der Waals surface area contributed by atoms with E-state index in [9.17, 15) is 5.11 Å². The van der Waals surface area contributed by atoms with Gasteiger partial charge in [0, 0.05) is 5.56 Å². The topological polar surface area (TPSA) is 29.5 Å². The van der Waals surface area contributed by atoms with Gasteiger partial charge in [-0.05, 0) is 23.6 Å². The molecule has 0 fully saturated rings. The van der Waals surface area contributed by atoms with E-state index in [0.717, 1.165) is 22.3 Å². The van der Waals surface area contributed by atoms with Crippen LogP contribution in [0.25, 0.3) is 0 Å². The van der Waals surface area contributed by atoms with Crippen molar-refractivity contribution in [1.82, 2.24) is 0 Å². The molecule has 116 valence electrons. The number of rotatable bonds is 4. The van der Waals surface area contributed by atoms with Crippen molar-refractivity contribution in [2.75, 3.05) is 7.11 Å². The number of ether oxygens (including phenoxy) is 1. The monoisotopic (exact) mass is 304 g/mol. The number of hydrogen-bond donors (Lipinski definition) is 1. The number of aryl methyl sites for hydroxylation is 1. The summed E-state index contributed by atoms with van der Waals surface area (Å²) < 4.78 is 5.61. The maximum atomic E-state index is 11.8. The van der Waals surface area contributed by atoms with E-state index < -0.39 is 5.60 Å². The van der Waals surface area contributed by atoms with Crippen LogP contribution in [0.5, 0.6) is 5.75 Å². The number of hydrogen-bond acceptors (Lipinski definition) is 2. The molecule has 0 spiro atoms. The second kappa shape index (κ2) is 6.27. The van der Waals surface area contributed by atoms with Crippen molar-refractivity contribution in [1.29, 1.82) is 0 Å². The van der Waals surface area contributed by atoms with Gasteiger partial charge >= 0.3 is 0 Å². The lowest BCUT2D eigenvalue weighted by atomic mass is 9.79. The van der Waals surface area contributed by atoms with Crippen LogP contribution >= 0.6 is 0 Å². The van der Waals surface area contributed by atoms with Crippen LogP contribution in [0.4, 0.5) is 0 Å². The van der Waals surface area contributed by atoms with Crippen molar-refractivity contribution in [3.05, 3.63) is 101 Å². The summed E-state index contributed by atoms with van der Waals surface area (Å²) in [6, 6.07) is 25.3. The highest BCUT2D eigenvalue weighted by atomic mass is 16.5. The summed E-state index contributed by atoms with van der Waals surface area (Å²) in [4.78, 5) is 0. The Kier molecular flexibility index (Phi) is 4.18. The highest BCUT2D eigenvalue weighted by Crippen LogP contribution is 2.42. The highest BCUT2D eigenvalue weighted by molar-refractivity contribution is 5.54. The summed E-state index contributed by atoms with van der Waals surface area (Å²) in [5.41, 5.74) is 2.11. The first-order chi connectivity index (χ1) is 11.2. The summed E-state index contributed by atoms with van der Waals surface area (Å²) in [6.07, 6.45) is 0. The minimum atomic E-state index is -1.26. The zero-order valence-electron chi connectivity index (χ0n) is 13.4. The van der Waals surface area contributed by atoms with Gasteiger partial charge in [-0.1, -0.05) is 78.9 Å². The largest absolute Gasteiger partial charge is 0.496 e. The molecule has 2 heteroatoms. The quantitative estimate of drug-likeness (QED) is 0.729. The third-order valence-electron chi connectivity index (χ3n) is 4.19. The van der Waals surface area contributed by atoms with Crippen LogP contribution in [0.15, 0.2) is 78.9 Å². The van der Waals surface area contributed by atoms with Gasteiger partial charge in [0.2, 0.25) is 0 Å². The molecule has 1 N–H and O–H groups in total. The number of aliphatic hydroxyl groups is 1. The smallest absolute Gasteiger partial charge is 0.144 e. The fraction of sp³-hybridized carbons (Fsp3) is 0.143. The zero-order valence-corrected chi connectivity index (χ0v) is 13.4. The molecule has 0 unspecified atom stereocenters. The second-order valence-corrected chi connectivity index (χ2v) is 5.60. The fourth-order valence-electron chi connectivity index (χ4n) is 3.04. The molecule has 0 radical (unpaired) electrons. The SMILES string of the molecule is COc1c(C)cccc1C(O)(c1ccccc1)c1ccccc1. The van der Waals surface area contributed by atoms with E-state index in [1.54, 1.807) is 7.11 Å². The summed E-state index contributed by atoms with van der Waals surface area (Å²) in [6.45, 7) is 1.98. The van der Waals surface area contributed by atoms with Gasteiger partial charge in [0.1, 0.15) is 11.4 Å². The third kappa shape index (κ3) is 2.62. The number of para-hydroxylation sites is 1. The first kappa shape index (κ1) is 15.3. The Morgan fingerprint density at radius 1 is 0.739 bits per heavy atom. The predicted molar refractivity (Wildman–Crippen MR) is 92.7 cm³/mol. The Bertz CT molecular complexity index is 740. The van der Waals surface area contributed by atoms with Crippen molar-refractivity contribution < 1.29 is 9.84 Å². The van der Waals surface area contributed by atoms with Crippen molar-refractivity contribution in [2.45, 2.75) is 12.5 Å². The molecule has 0 saturated heterocycles. The molecule has 0 aromatic heterocycles. The lowest BCUT2D eigenvalue weighted by Crippen LogP contribution is -2.29. The molecule has 0 aliphatic carbocycles. The summed E-state index contributed by atoms with van der Waals surface area (Å²) in [7, 11) is 1.64. The minimum Gasteiger partial charge on any atom is -0.496 e. The van der Waals surface area contributed by atoms with Crippen LogP contribution in [-0.2, 0) is 5.60 Å². The van der Waals surface area contributed by atoms with Crippen LogP contribution in [0.2, 0.25) is 0 Å². The third-order valence-corrected chi connectivity index (χ3v) is 4.19. The maximum Gasteiger partial charge on any atom is 0.144 e. The van der Waals surface area contributed by atoms with Crippen molar-refractivity contribution in [3.8, 4) is 5.75 Å². The molecule has 0 atom stereocenters. The van der Waals surface area contributed by atoms with Gasteiger partial charge in [0.05, 0.1) is 7.11 Å². The zero-order chi connectivity index (χ0) is 16.3. The summed E-state index contributed by atoms with van der Waals surface area (Å²) in [5, 5.41) is 11.8. The minimum absolute atomic E-state index is 0.711.